The largest absolute Gasteiger partial charge is 0.502 e. The second-order valence-corrected chi connectivity index (χ2v) is 12.7. The molecule has 38 heavy (non-hydrogen) atoms. The molecule has 3 fully saturated rings. The van der Waals surface area contributed by atoms with E-state index in [1.807, 2.05) is 6.08 Å². The first kappa shape index (κ1) is 26.8. The second kappa shape index (κ2) is 8.36. The summed E-state index contributed by atoms with van der Waals surface area (Å²) in [6, 6.07) is 3.05. The Balaban J connectivity index is 1.76. The molecule has 1 N–H and O–H groups in total. The van der Waals surface area contributed by atoms with Crippen molar-refractivity contribution in [3.05, 3.63) is 29.3 Å². The number of benzene rings is 1. The average molecular weight is 565 g/mol. The van der Waals surface area contributed by atoms with E-state index in [9.17, 15) is 24.3 Å². The van der Waals surface area contributed by atoms with Gasteiger partial charge in [-0.3, -0.25) is 29.0 Å². The van der Waals surface area contributed by atoms with E-state index in [4.69, 9.17) is 32.7 Å². The van der Waals surface area contributed by atoms with E-state index in [-0.39, 0.29) is 41.9 Å². The summed E-state index contributed by atoms with van der Waals surface area (Å²) >= 11 is 14.3. The van der Waals surface area contributed by atoms with Crippen LogP contribution in [0.2, 0.25) is 0 Å². The quantitative estimate of drug-likeness (QED) is 0.340. The van der Waals surface area contributed by atoms with Gasteiger partial charge in [-0.15, -0.1) is 23.2 Å². The highest BCUT2D eigenvalue weighted by Gasteiger charge is 2.76. The van der Waals surface area contributed by atoms with Gasteiger partial charge in [-0.25, -0.2) is 0 Å². The molecule has 2 saturated heterocycles. The molecule has 0 radical (unpaired) electrons. The van der Waals surface area contributed by atoms with Gasteiger partial charge in [-0.05, 0) is 57.2 Å². The van der Waals surface area contributed by atoms with Gasteiger partial charge in [0.15, 0.2) is 21.2 Å². The van der Waals surface area contributed by atoms with E-state index in [0.717, 1.165) is 4.90 Å². The molecule has 2 aliphatic carbocycles. The standard InChI is InChI=1S/C27H30Cl2N2O7/c1-25(2,3)31-21(33)14-8-7-13-15(18(14)22(31)34)11-26(28)23(35)30(4)24(36)27(26,29)19(13)12-9-16(37-5)20(32)17(10-12)38-6/h7,9-10,14-15,18-19,32H,8,11H2,1-6H3. The normalized spacial score (nSPS) is 34.7. The lowest BCUT2D eigenvalue weighted by atomic mass is 9.56. The van der Waals surface area contributed by atoms with Crippen molar-refractivity contribution in [2.45, 2.75) is 54.8 Å². The SMILES string of the molecule is COc1cc(C2C3=CCC4C(=O)N(C(C)(C)C)C(=O)C4C3CC3(Cl)C(=O)N(C)C(=O)C23Cl)cc(OC)c1O. The smallest absolute Gasteiger partial charge is 0.253 e. The van der Waals surface area contributed by atoms with Gasteiger partial charge in [0.2, 0.25) is 17.6 Å². The van der Waals surface area contributed by atoms with Crippen molar-refractivity contribution < 1.29 is 33.8 Å². The van der Waals surface area contributed by atoms with Crippen LogP contribution in [0.25, 0.3) is 0 Å². The number of fused-ring (bicyclic) bond motifs is 4. The van der Waals surface area contributed by atoms with Crippen LogP contribution in [0.5, 0.6) is 17.2 Å². The Hall–Kier alpha value is -2.78. The van der Waals surface area contributed by atoms with Crippen LogP contribution in [0.15, 0.2) is 23.8 Å². The third kappa shape index (κ3) is 3.18. The molecule has 4 amide bonds. The van der Waals surface area contributed by atoms with Crippen molar-refractivity contribution in [3.8, 4) is 17.2 Å². The van der Waals surface area contributed by atoms with Crippen molar-refractivity contribution in [2.24, 2.45) is 17.8 Å². The van der Waals surface area contributed by atoms with E-state index < -0.39 is 50.8 Å². The van der Waals surface area contributed by atoms with Crippen molar-refractivity contribution in [1.29, 1.82) is 0 Å². The maximum atomic E-state index is 13.8. The number of rotatable bonds is 3. The van der Waals surface area contributed by atoms with Crippen LogP contribution in [0.4, 0.5) is 0 Å². The van der Waals surface area contributed by atoms with Crippen LogP contribution >= 0.6 is 23.2 Å². The average Bonchev–Trinajstić information content (AvgIpc) is 3.19. The minimum atomic E-state index is -1.93. The number of phenolic OH excluding ortho intramolecular Hbond substituents is 1. The molecule has 0 aromatic heterocycles. The molecule has 1 aromatic rings. The van der Waals surface area contributed by atoms with Gasteiger partial charge in [0.1, 0.15) is 0 Å². The summed E-state index contributed by atoms with van der Waals surface area (Å²) in [7, 11) is 4.08. The molecule has 9 nitrogen and oxygen atoms in total. The number of phenols is 1. The van der Waals surface area contributed by atoms with E-state index in [0.29, 0.717) is 11.1 Å². The number of aromatic hydroxyl groups is 1. The Labute approximate surface area is 230 Å². The minimum absolute atomic E-state index is 0.0763. The lowest BCUT2D eigenvalue weighted by Gasteiger charge is -2.50. The summed E-state index contributed by atoms with van der Waals surface area (Å²) in [4.78, 5) is 52.8. The Bertz CT molecular complexity index is 1300. The molecule has 204 valence electrons. The molecule has 6 atom stereocenters. The summed E-state index contributed by atoms with van der Waals surface area (Å²) in [6.45, 7) is 5.40. The number of likely N-dealkylation sites (tertiary alicyclic amines) is 2. The molecule has 1 saturated carbocycles. The monoisotopic (exact) mass is 564 g/mol. The first-order chi connectivity index (χ1) is 17.6. The third-order valence-electron chi connectivity index (χ3n) is 8.52. The first-order valence-electron chi connectivity index (χ1n) is 12.4. The highest BCUT2D eigenvalue weighted by molar-refractivity contribution is 6.53. The van der Waals surface area contributed by atoms with E-state index in [2.05, 4.69) is 0 Å². The van der Waals surface area contributed by atoms with Crippen LogP contribution in [0.1, 0.15) is 45.1 Å². The number of allylic oxidation sites excluding steroid dienone is 2. The summed E-state index contributed by atoms with van der Waals surface area (Å²) in [6.07, 6.45) is 2.05. The number of amides is 4. The van der Waals surface area contributed by atoms with Crippen LogP contribution in [-0.2, 0) is 19.2 Å². The predicted molar refractivity (Wildman–Crippen MR) is 138 cm³/mol. The number of methoxy groups -OCH3 is 2. The van der Waals surface area contributed by atoms with Crippen LogP contribution in [-0.4, -0.2) is 75.1 Å². The zero-order valence-corrected chi connectivity index (χ0v) is 23.5. The van der Waals surface area contributed by atoms with Crippen LogP contribution in [0, 0.1) is 17.8 Å². The van der Waals surface area contributed by atoms with Gasteiger partial charge in [-0.2, -0.15) is 0 Å². The molecule has 1 aromatic carbocycles. The van der Waals surface area contributed by atoms with Gasteiger partial charge < -0.3 is 14.6 Å². The Morgan fingerprint density at radius 2 is 1.55 bits per heavy atom. The number of ether oxygens (including phenoxy) is 2. The van der Waals surface area contributed by atoms with Crippen LogP contribution in [0.3, 0.4) is 0 Å². The van der Waals surface area contributed by atoms with Crippen molar-refractivity contribution in [3.63, 3.8) is 0 Å². The van der Waals surface area contributed by atoms with Crippen molar-refractivity contribution >= 4 is 46.8 Å². The number of hydrogen-bond acceptors (Lipinski definition) is 7. The van der Waals surface area contributed by atoms with Gasteiger partial charge in [0, 0.05) is 18.5 Å². The zero-order valence-electron chi connectivity index (χ0n) is 22.0. The van der Waals surface area contributed by atoms with Gasteiger partial charge >= 0.3 is 0 Å². The fourth-order valence-corrected chi connectivity index (χ4v) is 7.88. The minimum Gasteiger partial charge on any atom is -0.502 e. The Morgan fingerprint density at radius 1 is 0.974 bits per heavy atom. The summed E-state index contributed by atoms with van der Waals surface area (Å²) in [5.41, 5.74) is 0.346. The lowest BCUT2D eigenvalue weighted by molar-refractivity contribution is -0.146. The topological polar surface area (TPSA) is 113 Å². The van der Waals surface area contributed by atoms with Gasteiger partial charge in [0.25, 0.3) is 11.8 Å². The number of nitrogens with zero attached hydrogens (tertiary/aromatic N) is 2. The number of halogens is 2. The molecule has 5 rings (SSSR count). The maximum absolute atomic E-state index is 13.8. The molecule has 11 heteroatoms. The number of imide groups is 2. The van der Waals surface area contributed by atoms with Crippen molar-refractivity contribution in [2.75, 3.05) is 21.3 Å². The number of carbonyl (C=O) groups is 4. The molecule has 2 heterocycles. The number of hydrogen-bond donors (Lipinski definition) is 1. The molecule has 6 unspecified atom stereocenters. The number of carbonyl (C=O) groups excluding carboxylic acids is 4. The first-order valence-corrected chi connectivity index (χ1v) is 13.1. The summed E-state index contributed by atoms with van der Waals surface area (Å²) < 4.78 is 10.7. The van der Waals surface area contributed by atoms with Gasteiger partial charge in [0.05, 0.1) is 26.1 Å². The van der Waals surface area contributed by atoms with E-state index >= 15 is 0 Å². The zero-order chi connectivity index (χ0) is 28.1. The molecular weight excluding hydrogens is 535 g/mol. The Kier molecular flexibility index (Phi) is 5.90. The molecule has 0 bridgehead atoms. The highest BCUT2D eigenvalue weighted by Crippen LogP contribution is 2.66. The predicted octanol–water partition coefficient (Wildman–Crippen LogP) is 3.20. The van der Waals surface area contributed by atoms with Crippen molar-refractivity contribution in [1.82, 2.24) is 9.80 Å². The maximum Gasteiger partial charge on any atom is 0.253 e. The van der Waals surface area contributed by atoms with Crippen LogP contribution < -0.4 is 9.47 Å². The molecule has 2 aliphatic heterocycles. The Morgan fingerprint density at radius 3 is 2.08 bits per heavy atom. The second-order valence-electron chi connectivity index (χ2n) is 11.5. The summed E-state index contributed by atoms with van der Waals surface area (Å²) in [5.74, 6) is -4.95. The molecule has 0 spiro atoms. The highest BCUT2D eigenvalue weighted by atomic mass is 35.5. The third-order valence-corrected chi connectivity index (χ3v) is 9.93. The number of alkyl halides is 2. The lowest BCUT2D eigenvalue weighted by Crippen LogP contribution is -2.60. The molecule has 4 aliphatic rings. The fraction of sp³-hybridized carbons (Fsp3) is 0.556. The van der Waals surface area contributed by atoms with E-state index in [1.54, 1.807) is 20.8 Å². The molecular formula is C27H30Cl2N2O7. The van der Waals surface area contributed by atoms with E-state index in [1.165, 1.54) is 38.3 Å². The van der Waals surface area contributed by atoms with Gasteiger partial charge in [-0.1, -0.05) is 11.6 Å². The summed E-state index contributed by atoms with van der Waals surface area (Å²) in [5, 5.41) is 10.5. The fourth-order valence-electron chi connectivity index (χ4n) is 6.86.